The Labute approximate surface area is 115 Å². The molecule has 4 nitrogen and oxygen atoms in total. The van der Waals surface area contributed by atoms with E-state index in [1.165, 1.54) is 0 Å². The first-order chi connectivity index (χ1) is 9.24. The van der Waals surface area contributed by atoms with Crippen LogP contribution >= 0.6 is 0 Å². The second-order valence-corrected chi connectivity index (χ2v) is 4.47. The molecule has 4 heteroatoms. The average Bonchev–Trinajstić information content (AvgIpc) is 2.44. The highest BCUT2D eigenvalue weighted by Crippen LogP contribution is 2.19. The molecule has 0 aliphatic carbocycles. The molecule has 0 fully saturated rings. The number of methoxy groups -OCH3 is 2. The zero-order valence-corrected chi connectivity index (χ0v) is 11.9. The van der Waals surface area contributed by atoms with E-state index in [4.69, 9.17) is 14.7 Å². The van der Waals surface area contributed by atoms with Gasteiger partial charge in [-0.3, -0.25) is 0 Å². The number of hydrogen-bond acceptors (Lipinski definition) is 4. The summed E-state index contributed by atoms with van der Waals surface area (Å²) in [7, 11) is 3.30. The van der Waals surface area contributed by atoms with E-state index in [1.807, 2.05) is 12.1 Å². The zero-order chi connectivity index (χ0) is 14.1. The Balaban J connectivity index is 2.64. The SMILES string of the molecule is CCCC(COC)NCc1ccc(C#N)c(OC)c1. The number of hydrogen-bond donors (Lipinski definition) is 1. The van der Waals surface area contributed by atoms with Gasteiger partial charge in [0.15, 0.2) is 0 Å². The van der Waals surface area contributed by atoms with Gasteiger partial charge in [0.05, 0.1) is 19.3 Å². The molecule has 1 N–H and O–H groups in total. The molecule has 0 radical (unpaired) electrons. The third-order valence-electron chi connectivity index (χ3n) is 2.99. The monoisotopic (exact) mass is 262 g/mol. The van der Waals surface area contributed by atoms with E-state index in [0.717, 1.165) is 24.9 Å². The van der Waals surface area contributed by atoms with Crippen LogP contribution in [0.4, 0.5) is 0 Å². The summed E-state index contributed by atoms with van der Waals surface area (Å²) in [5.41, 5.74) is 1.67. The van der Waals surface area contributed by atoms with Crippen LogP contribution in [0.1, 0.15) is 30.9 Å². The molecule has 0 saturated carbocycles. The summed E-state index contributed by atoms with van der Waals surface area (Å²) in [5.74, 6) is 0.626. The number of nitrogens with one attached hydrogen (secondary N) is 1. The Morgan fingerprint density at radius 3 is 2.74 bits per heavy atom. The molecular formula is C15H22N2O2. The predicted octanol–water partition coefficient (Wildman–Crippen LogP) is 2.47. The molecule has 1 aromatic carbocycles. The Bertz CT molecular complexity index is 421. The minimum absolute atomic E-state index is 0.358. The third kappa shape index (κ3) is 4.90. The second-order valence-electron chi connectivity index (χ2n) is 4.47. The molecule has 1 atom stereocenters. The predicted molar refractivity (Wildman–Crippen MR) is 75.1 cm³/mol. The van der Waals surface area contributed by atoms with Crippen molar-refractivity contribution in [3.05, 3.63) is 29.3 Å². The van der Waals surface area contributed by atoms with Gasteiger partial charge in [0.1, 0.15) is 11.8 Å². The minimum atomic E-state index is 0.358. The summed E-state index contributed by atoms with van der Waals surface area (Å²) < 4.78 is 10.4. The summed E-state index contributed by atoms with van der Waals surface area (Å²) in [5, 5.41) is 12.4. The average molecular weight is 262 g/mol. The van der Waals surface area contributed by atoms with Crippen LogP contribution in [0.2, 0.25) is 0 Å². The van der Waals surface area contributed by atoms with E-state index >= 15 is 0 Å². The van der Waals surface area contributed by atoms with Gasteiger partial charge in [-0.1, -0.05) is 19.4 Å². The van der Waals surface area contributed by atoms with Gasteiger partial charge >= 0.3 is 0 Å². The fourth-order valence-corrected chi connectivity index (χ4v) is 1.99. The standard InChI is InChI=1S/C15H22N2O2/c1-4-5-14(11-18-2)17-10-12-6-7-13(9-16)15(8-12)19-3/h6-8,14,17H,4-5,10-11H2,1-3H3. The van der Waals surface area contributed by atoms with Crippen LogP contribution in [0.5, 0.6) is 5.75 Å². The van der Waals surface area contributed by atoms with Crippen molar-refractivity contribution in [3.63, 3.8) is 0 Å². The molecule has 1 aromatic rings. The van der Waals surface area contributed by atoms with Crippen molar-refractivity contribution in [1.29, 1.82) is 5.26 Å². The first-order valence-corrected chi connectivity index (χ1v) is 6.54. The fourth-order valence-electron chi connectivity index (χ4n) is 1.99. The molecule has 0 aromatic heterocycles. The van der Waals surface area contributed by atoms with Crippen LogP contribution in [0.15, 0.2) is 18.2 Å². The van der Waals surface area contributed by atoms with Crippen LogP contribution in [-0.2, 0) is 11.3 Å². The number of nitrogens with zero attached hydrogens (tertiary/aromatic N) is 1. The van der Waals surface area contributed by atoms with Crippen molar-refractivity contribution in [2.45, 2.75) is 32.4 Å². The lowest BCUT2D eigenvalue weighted by Crippen LogP contribution is -2.32. The van der Waals surface area contributed by atoms with Crippen molar-refractivity contribution in [3.8, 4) is 11.8 Å². The summed E-state index contributed by atoms with van der Waals surface area (Å²) >= 11 is 0. The Kier molecular flexibility index (Phi) is 6.94. The van der Waals surface area contributed by atoms with Gasteiger partial charge in [-0.25, -0.2) is 0 Å². The van der Waals surface area contributed by atoms with Crippen LogP contribution in [-0.4, -0.2) is 26.9 Å². The van der Waals surface area contributed by atoms with E-state index in [1.54, 1.807) is 20.3 Å². The van der Waals surface area contributed by atoms with Gasteiger partial charge in [0, 0.05) is 19.7 Å². The van der Waals surface area contributed by atoms with E-state index in [-0.39, 0.29) is 0 Å². The first-order valence-electron chi connectivity index (χ1n) is 6.54. The number of ether oxygens (including phenoxy) is 2. The normalized spacial score (nSPS) is 11.9. The maximum atomic E-state index is 8.94. The highest BCUT2D eigenvalue weighted by atomic mass is 16.5. The van der Waals surface area contributed by atoms with Gasteiger partial charge in [0.25, 0.3) is 0 Å². The molecule has 1 rings (SSSR count). The quantitative estimate of drug-likeness (QED) is 0.782. The lowest BCUT2D eigenvalue weighted by atomic mass is 10.1. The molecule has 0 aliphatic rings. The van der Waals surface area contributed by atoms with E-state index < -0.39 is 0 Å². The van der Waals surface area contributed by atoms with Crippen molar-refractivity contribution in [2.24, 2.45) is 0 Å². The molecule has 104 valence electrons. The molecule has 0 amide bonds. The van der Waals surface area contributed by atoms with Crippen molar-refractivity contribution in [1.82, 2.24) is 5.32 Å². The van der Waals surface area contributed by atoms with Crippen molar-refractivity contribution in [2.75, 3.05) is 20.8 Å². The Hall–Kier alpha value is -1.57. The molecule has 0 aliphatic heterocycles. The van der Waals surface area contributed by atoms with Gasteiger partial charge in [-0.05, 0) is 24.1 Å². The largest absolute Gasteiger partial charge is 0.495 e. The summed E-state index contributed by atoms with van der Waals surface area (Å²) in [4.78, 5) is 0. The summed E-state index contributed by atoms with van der Waals surface area (Å²) in [6, 6.07) is 8.12. The summed E-state index contributed by atoms with van der Waals surface area (Å²) in [6.45, 7) is 3.62. The number of benzene rings is 1. The topological polar surface area (TPSA) is 54.3 Å². The molecule has 0 heterocycles. The van der Waals surface area contributed by atoms with Gasteiger partial charge in [-0.15, -0.1) is 0 Å². The Morgan fingerprint density at radius 2 is 2.16 bits per heavy atom. The van der Waals surface area contributed by atoms with Crippen LogP contribution < -0.4 is 10.1 Å². The minimum Gasteiger partial charge on any atom is -0.495 e. The van der Waals surface area contributed by atoms with Crippen molar-refractivity contribution < 1.29 is 9.47 Å². The maximum Gasteiger partial charge on any atom is 0.136 e. The second kappa shape index (κ2) is 8.52. The van der Waals surface area contributed by atoms with E-state index in [9.17, 15) is 0 Å². The van der Waals surface area contributed by atoms with Gasteiger partial charge in [0.2, 0.25) is 0 Å². The molecule has 0 bridgehead atoms. The first kappa shape index (κ1) is 15.5. The van der Waals surface area contributed by atoms with E-state index in [2.05, 4.69) is 18.3 Å². The lowest BCUT2D eigenvalue weighted by molar-refractivity contribution is 0.161. The van der Waals surface area contributed by atoms with Crippen LogP contribution in [0.3, 0.4) is 0 Å². The Morgan fingerprint density at radius 1 is 1.37 bits per heavy atom. The zero-order valence-electron chi connectivity index (χ0n) is 11.9. The van der Waals surface area contributed by atoms with Gasteiger partial charge in [-0.2, -0.15) is 5.26 Å². The highest BCUT2D eigenvalue weighted by molar-refractivity contribution is 5.45. The lowest BCUT2D eigenvalue weighted by Gasteiger charge is -2.17. The molecule has 19 heavy (non-hydrogen) atoms. The van der Waals surface area contributed by atoms with Gasteiger partial charge < -0.3 is 14.8 Å². The molecule has 0 saturated heterocycles. The fraction of sp³-hybridized carbons (Fsp3) is 0.533. The molecule has 1 unspecified atom stereocenters. The van der Waals surface area contributed by atoms with Crippen LogP contribution in [0, 0.1) is 11.3 Å². The number of rotatable bonds is 8. The third-order valence-corrected chi connectivity index (χ3v) is 2.99. The number of nitriles is 1. The summed E-state index contributed by atoms with van der Waals surface area (Å²) in [6.07, 6.45) is 2.21. The van der Waals surface area contributed by atoms with Crippen LogP contribution in [0.25, 0.3) is 0 Å². The molecular weight excluding hydrogens is 240 g/mol. The van der Waals surface area contributed by atoms with Crippen molar-refractivity contribution >= 4 is 0 Å². The highest BCUT2D eigenvalue weighted by Gasteiger charge is 2.08. The maximum absolute atomic E-state index is 8.94. The smallest absolute Gasteiger partial charge is 0.136 e. The van der Waals surface area contributed by atoms with E-state index in [0.29, 0.717) is 24.0 Å². The molecule has 0 spiro atoms.